The van der Waals surface area contributed by atoms with Crippen LogP contribution in [-0.4, -0.2) is 74.8 Å². The van der Waals surface area contributed by atoms with E-state index < -0.39 is 0 Å². The first-order valence-electron chi connectivity index (χ1n) is 13.8. The molecular formula is C30H39N7O2. The highest BCUT2D eigenvalue weighted by molar-refractivity contribution is 5.87. The van der Waals surface area contributed by atoms with Crippen molar-refractivity contribution in [1.82, 2.24) is 24.3 Å². The molecule has 3 aromatic rings. The number of hydrogen-bond acceptors (Lipinski definition) is 7. The quantitative estimate of drug-likeness (QED) is 0.460. The van der Waals surface area contributed by atoms with Crippen LogP contribution in [0.1, 0.15) is 51.8 Å². The van der Waals surface area contributed by atoms with Gasteiger partial charge < -0.3 is 14.5 Å². The van der Waals surface area contributed by atoms with Crippen LogP contribution in [0.5, 0.6) is 0 Å². The van der Waals surface area contributed by atoms with Gasteiger partial charge in [0.15, 0.2) is 5.82 Å². The minimum Gasteiger partial charge on any atom is -0.373 e. The van der Waals surface area contributed by atoms with Gasteiger partial charge in [0, 0.05) is 57.9 Å². The Kier molecular flexibility index (Phi) is 7.47. The van der Waals surface area contributed by atoms with Crippen LogP contribution in [0.4, 0.5) is 11.6 Å². The molecule has 2 aliphatic heterocycles. The predicted octanol–water partition coefficient (Wildman–Crippen LogP) is 4.15. The summed E-state index contributed by atoms with van der Waals surface area (Å²) in [5.41, 5.74) is 3.51. The normalized spacial score (nSPS) is 23.1. The van der Waals surface area contributed by atoms with Crippen LogP contribution in [0.25, 0.3) is 15.9 Å². The van der Waals surface area contributed by atoms with Gasteiger partial charge in [-0.15, -0.1) is 4.98 Å². The van der Waals surface area contributed by atoms with E-state index in [-0.39, 0.29) is 29.4 Å². The van der Waals surface area contributed by atoms with Gasteiger partial charge in [-0.2, -0.15) is 4.98 Å². The lowest BCUT2D eigenvalue weighted by Crippen LogP contribution is -2.57. The molecule has 2 saturated heterocycles. The van der Waals surface area contributed by atoms with Crippen LogP contribution >= 0.6 is 0 Å². The molecule has 0 spiro atoms. The molecule has 206 valence electrons. The largest absolute Gasteiger partial charge is 0.373 e. The van der Waals surface area contributed by atoms with Gasteiger partial charge in [0.05, 0.1) is 17.7 Å². The Bertz CT molecular complexity index is 1440. The first-order chi connectivity index (χ1) is 18.6. The number of aryl methyl sites for hydroxylation is 1. The highest BCUT2D eigenvalue weighted by atomic mass is 16.5. The van der Waals surface area contributed by atoms with E-state index in [4.69, 9.17) is 11.3 Å². The van der Waals surface area contributed by atoms with Crippen molar-refractivity contribution >= 4 is 22.7 Å². The minimum absolute atomic E-state index is 0.0918. The maximum Gasteiger partial charge on any atom is 0.350 e. The highest BCUT2D eigenvalue weighted by Crippen LogP contribution is 2.32. The molecule has 2 aliphatic rings. The molecule has 0 amide bonds. The van der Waals surface area contributed by atoms with Gasteiger partial charge in [0.1, 0.15) is 0 Å². The van der Waals surface area contributed by atoms with E-state index in [0.29, 0.717) is 22.7 Å². The average Bonchev–Trinajstić information content (AvgIpc) is 2.91. The Morgan fingerprint density at radius 2 is 1.85 bits per heavy atom. The smallest absolute Gasteiger partial charge is 0.350 e. The van der Waals surface area contributed by atoms with Crippen molar-refractivity contribution in [3.8, 4) is 0 Å². The molecule has 0 saturated carbocycles. The number of anilines is 1. The fourth-order valence-electron chi connectivity index (χ4n) is 6.05. The van der Waals surface area contributed by atoms with Crippen LogP contribution in [0.2, 0.25) is 0 Å². The second-order valence-electron chi connectivity index (χ2n) is 11.7. The molecule has 4 heterocycles. The lowest BCUT2D eigenvalue weighted by molar-refractivity contribution is -0.0882. The molecule has 0 N–H and O–H groups in total. The second-order valence-corrected chi connectivity index (χ2v) is 11.7. The molecular weight excluding hydrogens is 490 g/mol. The zero-order valence-corrected chi connectivity index (χ0v) is 23.9. The molecule has 0 bridgehead atoms. The third kappa shape index (κ3) is 5.55. The van der Waals surface area contributed by atoms with Crippen LogP contribution in [0.3, 0.4) is 0 Å². The summed E-state index contributed by atoms with van der Waals surface area (Å²) in [5, 5.41) is 0. The van der Waals surface area contributed by atoms with Crippen LogP contribution in [-0.2, 0) is 18.3 Å². The number of rotatable bonds is 5. The summed E-state index contributed by atoms with van der Waals surface area (Å²) in [7, 11) is 1.69. The maximum atomic E-state index is 12.7. The van der Waals surface area contributed by atoms with E-state index in [1.54, 1.807) is 19.2 Å². The minimum atomic E-state index is -0.314. The third-order valence-corrected chi connectivity index (χ3v) is 8.21. The molecule has 39 heavy (non-hydrogen) atoms. The predicted molar refractivity (Wildman–Crippen MR) is 154 cm³/mol. The van der Waals surface area contributed by atoms with E-state index in [1.807, 2.05) is 0 Å². The number of fused-ring (bicyclic) bond motifs is 1. The van der Waals surface area contributed by atoms with E-state index in [1.165, 1.54) is 15.7 Å². The molecule has 3 atom stereocenters. The number of pyridine rings is 1. The fraction of sp³-hybridized carbons (Fsp3) is 0.533. The summed E-state index contributed by atoms with van der Waals surface area (Å²) in [6.07, 6.45) is 0. The van der Waals surface area contributed by atoms with Gasteiger partial charge in [-0.1, -0.05) is 30.8 Å². The van der Waals surface area contributed by atoms with Crippen LogP contribution in [0, 0.1) is 6.57 Å². The monoisotopic (exact) mass is 529 g/mol. The summed E-state index contributed by atoms with van der Waals surface area (Å²) < 4.78 is 7.36. The lowest BCUT2D eigenvalue weighted by Gasteiger charge is -2.47. The molecule has 2 fully saturated rings. The van der Waals surface area contributed by atoms with Crippen molar-refractivity contribution in [3.05, 3.63) is 69.4 Å². The van der Waals surface area contributed by atoms with Crippen LogP contribution in [0.15, 0.2) is 41.2 Å². The Morgan fingerprint density at radius 3 is 2.54 bits per heavy atom. The highest BCUT2D eigenvalue weighted by Gasteiger charge is 2.35. The Hall–Kier alpha value is -3.32. The second kappa shape index (κ2) is 10.7. The van der Waals surface area contributed by atoms with Gasteiger partial charge in [-0.3, -0.25) is 14.4 Å². The number of ether oxygens (including phenoxy) is 1. The molecule has 9 heteroatoms. The Labute approximate surface area is 230 Å². The zero-order chi connectivity index (χ0) is 27.9. The molecule has 5 rings (SSSR count). The molecule has 1 unspecified atom stereocenters. The van der Waals surface area contributed by atoms with Gasteiger partial charge in [-0.05, 0) is 57.9 Å². The summed E-state index contributed by atoms with van der Waals surface area (Å²) >= 11 is 0. The SMILES string of the molecule is [C-]#[N+]c1ccc2c(n1)c(N1C[C@@H](C)N(C(C)c3ccc(CN4CCOC(C)(C)C4)cc3)C[C@@H]1C)nc(=O)n2C. The van der Waals surface area contributed by atoms with E-state index in [2.05, 4.69) is 88.4 Å². The van der Waals surface area contributed by atoms with Crippen molar-refractivity contribution in [2.75, 3.05) is 37.7 Å². The number of nitrogens with zero attached hydrogens (tertiary/aromatic N) is 7. The number of hydrogen-bond donors (Lipinski definition) is 0. The number of aromatic nitrogens is 3. The van der Waals surface area contributed by atoms with Gasteiger partial charge in [0.2, 0.25) is 5.52 Å². The van der Waals surface area contributed by atoms with Crippen molar-refractivity contribution in [1.29, 1.82) is 0 Å². The third-order valence-electron chi connectivity index (χ3n) is 8.21. The van der Waals surface area contributed by atoms with Crippen molar-refractivity contribution < 1.29 is 4.74 Å². The first kappa shape index (κ1) is 27.3. The summed E-state index contributed by atoms with van der Waals surface area (Å²) in [6.45, 7) is 23.5. The van der Waals surface area contributed by atoms with E-state index >= 15 is 0 Å². The summed E-state index contributed by atoms with van der Waals surface area (Å²) in [5.74, 6) is 0.874. The molecule has 9 nitrogen and oxygen atoms in total. The summed E-state index contributed by atoms with van der Waals surface area (Å²) in [6, 6.07) is 13.1. The van der Waals surface area contributed by atoms with Gasteiger partial charge >= 0.3 is 5.69 Å². The Balaban J connectivity index is 1.32. The molecule has 1 aromatic carbocycles. The lowest BCUT2D eigenvalue weighted by atomic mass is 9.99. The Morgan fingerprint density at radius 1 is 1.10 bits per heavy atom. The average molecular weight is 530 g/mol. The number of piperazine rings is 1. The maximum absolute atomic E-state index is 12.7. The topological polar surface area (TPSA) is 71.1 Å². The summed E-state index contributed by atoms with van der Waals surface area (Å²) in [4.78, 5) is 32.3. The van der Waals surface area contributed by atoms with Crippen molar-refractivity contribution in [2.24, 2.45) is 7.05 Å². The van der Waals surface area contributed by atoms with Gasteiger partial charge in [0.25, 0.3) is 5.82 Å². The molecule has 0 aliphatic carbocycles. The number of benzene rings is 1. The van der Waals surface area contributed by atoms with E-state index in [9.17, 15) is 4.79 Å². The van der Waals surface area contributed by atoms with Crippen LogP contribution < -0.4 is 10.6 Å². The van der Waals surface area contributed by atoms with Crippen molar-refractivity contribution in [3.63, 3.8) is 0 Å². The van der Waals surface area contributed by atoms with Gasteiger partial charge in [-0.25, -0.2) is 4.79 Å². The standard InChI is InChI=1S/C30H39N7O2/c1-20-17-37(28-27-25(34(7)29(38)33-28)12-13-26(31-6)32-27)21(2)16-36(20)22(3)24-10-8-23(9-11-24)18-35-14-15-39-30(4,5)19-35/h8-13,20-22H,14-19H2,1-5,7H3/t20-,21+,22?/m1/s1. The van der Waals surface area contributed by atoms with Crippen molar-refractivity contribution in [2.45, 2.75) is 64.9 Å². The molecule has 2 aromatic heterocycles. The number of morpholine rings is 1. The molecule has 0 radical (unpaired) electrons. The first-order valence-corrected chi connectivity index (χ1v) is 13.8. The van der Waals surface area contributed by atoms with E-state index in [0.717, 1.165) is 39.3 Å². The fourth-order valence-corrected chi connectivity index (χ4v) is 6.05. The zero-order valence-electron chi connectivity index (χ0n) is 23.9.